The third-order valence-electron chi connectivity index (χ3n) is 1.58. The lowest BCUT2D eigenvalue weighted by Gasteiger charge is -2.09. The van der Waals surface area contributed by atoms with Gasteiger partial charge in [-0.05, 0) is 31.5 Å². The molecule has 0 heterocycles. The molecule has 0 bridgehead atoms. The molecule has 0 spiro atoms. The predicted octanol–water partition coefficient (Wildman–Crippen LogP) is 1.88. The standard InChI is InChI=1S/C8H11ClS/c1-6(10)7-2-4-8(9)5-3-7/h2-4,6,8,10H,5H2,1H3/p+1. The molecular formula is C8H12ClS+. The number of alkyl halides is 1. The van der Waals surface area contributed by atoms with Crippen LogP contribution < -0.4 is 0 Å². The maximum Gasteiger partial charge on any atom is 0.135 e. The third-order valence-corrected chi connectivity index (χ3v) is 2.23. The normalized spacial score (nSPS) is 27.9. The molecule has 10 heavy (non-hydrogen) atoms. The summed E-state index contributed by atoms with van der Waals surface area (Å²) in [6.07, 6.45) is 7.25. The van der Waals surface area contributed by atoms with E-state index >= 15 is 0 Å². The molecule has 1 aliphatic rings. The topological polar surface area (TPSA) is 0 Å². The van der Waals surface area contributed by atoms with Crippen LogP contribution in [0.2, 0.25) is 0 Å². The number of hydrogen-bond acceptors (Lipinski definition) is 0. The Labute approximate surface area is 72.4 Å². The first-order valence-electron chi connectivity index (χ1n) is 3.43. The highest BCUT2D eigenvalue weighted by molar-refractivity contribution is 7.59. The summed E-state index contributed by atoms with van der Waals surface area (Å²) in [5.74, 6) is 0. The lowest BCUT2D eigenvalue weighted by Crippen LogP contribution is -2.05. The van der Waals surface area contributed by atoms with Crippen molar-refractivity contribution in [2.24, 2.45) is 0 Å². The molecule has 0 aliphatic heterocycles. The fraction of sp³-hybridized carbons (Fsp3) is 0.500. The van der Waals surface area contributed by atoms with Crippen molar-refractivity contribution in [3.63, 3.8) is 0 Å². The molecule has 56 valence electrons. The Morgan fingerprint density at radius 2 is 2.50 bits per heavy atom. The van der Waals surface area contributed by atoms with Gasteiger partial charge in [0, 0.05) is 0 Å². The number of allylic oxidation sites excluding steroid dienone is 3. The second-order valence-corrected chi connectivity index (χ2v) is 3.96. The van der Waals surface area contributed by atoms with E-state index < -0.39 is 0 Å². The van der Waals surface area contributed by atoms with Gasteiger partial charge in [0.1, 0.15) is 5.25 Å². The summed E-state index contributed by atoms with van der Waals surface area (Å²) < 4.78 is 0. The Morgan fingerprint density at radius 1 is 1.80 bits per heavy atom. The predicted molar refractivity (Wildman–Crippen MR) is 51.1 cm³/mol. The zero-order valence-electron chi connectivity index (χ0n) is 5.97. The monoisotopic (exact) mass is 175 g/mol. The van der Waals surface area contributed by atoms with Gasteiger partial charge in [0.2, 0.25) is 0 Å². The molecule has 0 aromatic carbocycles. The van der Waals surface area contributed by atoms with Gasteiger partial charge in [-0.25, -0.2) is 0 Å². The third kappa shape index (κ3) is 2.06. The molecule has 1 rings (SSSR count). The van der Waals surface area contributed by atoms with Gasteiger partial charge in [0.15, 0.2) is 0 Å². The highest BCUT2D eigenvalue weighted by atomic mass is 35.5. The smallest absolute Gasteiger partial charge is 0.118 e. The Balaban J connectivity index is 2.59. The number of halogens is 1. The van der Waals surface area contributed by atoms with E-state index in [0.717, 1.165) is 6.42 Å². The van der Waals surface area contributed by atoms with Gasteiger partial charge in [-0.2, -0.15) is 0 Å². The van der Waals surface area contributed by atoms with Crippen molar-refractivity contribution in [1.82, 2.24) is 0 Å². The maximum absolute atomic E-state index is 5.84. The van der Waals surface area contributed by atoms with Crippen LogP contribution in [-0.2, 0) is 12.6 Å². The lowest BCUT2D eigenvalue weighted by molar-refractivity contribution is 0.998. The number of rotatable bonds is 1. The van der Waals surface area contributed by atoms with Crippen molar-refractivity contribution < 1.29 is 0 Å². The van der Waals surface area contributed by atoms with Crippen LogP contribution in [0.25, 0.3) is 0 Å². The van der Waals surface area contributed by atoms with Crippen molar-refractivity contribution in [1.29, 1.82) is 0 Å². The van der Waals surface area contributed by atoms with Crippen LogP contribution in [0.4, 0.5) is 0 Å². The average molecular weight is 176 g/mol. The Morgan fingerprint density at radius 3 is 2.90 bits per heavy atom. The summed E-state index contributed by atoms with van der Waals surface area (Å²) in [6, 6.07) is 0. The molecule has 0 N–H and O–H groups in total. The molecule has 0 saturated carbocycles. The van der Waals surface area contributed by atoms with E-state index in [1.54, 1.807) is 0 Å². The molecule has 2 heteroatoms. The van der Waals surface area contributed by atoms with Crippen LogP contribution in [0.5, 0.6) is 0 Å². The quantitative estimate of drug-likeness (QED) is 0.422. The SMILES string of the molecule is CC([SH2+])C1=CCC(Cl)C=C1. The van der Waals surface area contributed by atoms with E-state index in [-0.39, 0.29) is 5.38 Å². The van der Waals surface area contributed by atoms with Gasteiger partial charge in [-0.1, -0.05) is 18.2 Å². The Kier molecular flexibility index (Phi) is 2.87. The van der Waals surface area contributed by atoms with Crippen molar-refractivity contribution in [3.8, 4) is 0 Å². The summed E-state index contributed by atoms with van der Waals surface area (Å²) in [6.45, 7) is 2.11. The first kappa shape index (κ1) is 8.22. The largest absolute Gasteiger partial charge is 0.135 e. The Hall–Kier alpha value is 0.120. The Bertz CT molecular complexity index is 170. The molecule has 0 radical (unpaired) electrons. The van der Waals surface area contributed by atoms with Gasteiger partial charge in [0.05, 0.1) is 5.38 Å². The van der Waals surface area contributed by atoms with Crippen LogP contribution in [-0.4, -0.2) is 10.6 Å². The summed E-state index contributed by atoms with van der Waals surface area (Å²) in [7, 11) is 0. The van der Waals surface area contributed by atoms with Gasteiger partial charge >= 0.3 is 0 Å². The van der Waals surface area contributed by atoms with E-state index in [1.807, 2.05) is 6.08 Å². The first-order chi connectivity index (χ1) is 4.70. The number of hydrogen-bond donors (Lipinski definition) is 0. The maximum atomic E-state index is 5.84. The van der Waals surface area contributed by atoms with E-state index in [2.05, 4.69) is 31.7 Å². The minimum Gasteiger partial charge on any atom is -0.118 e. The van der Waals surface area contributed by atoms with Gasteiger partial charge < -0.3 is 0 Å². The highest BCUT2D eigenvalue weighted by Crippen LogP contribution is 2.17. The van der Waals surface area contributed by atoms with E-state index in [0.29, 0.717) is 5.25 Å². The zero-order chi connectivity index (χ0) is 7.56. The molecule has 0 amide bonds. The van der Waals surface area contributed by atoms with Crippen molar-refractivity contribution in [3.05, 3.63) is 23.8 Å². The molecule has 2 atom stereocenters. The van der Waals surface area contributed by atoms with Crippen LogP contribution >= 0.6 is 11.6 Å². The van der Waals surface area contributed by atoms with Crippen molar-refractivity contribution in [2.75, 3.05) is 0 Å². The summed E-state index contributed by atoms with van der Waals surface area (Å²) >= 11 is 9.38. The molecular weight excluding hydrogens is 164 g/mol. The average Bonchev–Trinajstić information content (AvgIpc) is 1.88. The fourth-order valence-corrected chi connectivity index (χ4v) is 1.31. The fourth-order valence-electron chi connectivity index (χ4n) is 0.932. The summed E-state index contributed by atoms with van der Waals surface area (Å²) in [5.41, 5.74) is 1.33. The van der Waals surface area contributed by atoms with Gasteiger partial charge in [0.25, 0.3) is 0 Å². The van der Waals surface area contributed by atoms with E-state index in [1.165, 1.54) is 5.57 Å². The zero-order valence-corrected chi connectivity index (χ0v) is 7.73. The second-order valence-electron chi connectivity index (χ2n) is 2.54. The minimum absolute atomic E-state index is 0.203. The first-order valence-corrected chi connectivity index (χ1v) is 4.45. The van der Waals surface area contributed by atoms with Crippen LogP contribution in [0.1, 0.15) is 13.3 Å². The van der Waals surface area contributed by atoms with Crippen LogP contribution in [0.15, 0.2) is 23.8 Å². The lowest BCUT2D eigenvalue weighted by atomic mass is 10.0. The minimum atomic E-state index is 0.203. The second kappa shape index (κ2) is 3.49. The summed E-state index contributed by atoms with van der Waals surface area (Å²) in [4.78, 5) is 0. The molecule has 0 nitrogen and oxygen atoms in total. The van der Waals surface area contributed by atoms with Gasteiger partial charge in [-0.3, -0.25) is 0 Å². The molecule has 0 saturated heterocycles. The molecule has 0 fully saturated rings. The molecule has 1 aliphatic carbocycles. The molecule has 0 aromatic rings. The highest BCUT2D eigenvalue weighted by Gasteiger charge is 2.10. The van der Waals surface area contributed by atoms with E-state index in [4.69, 9.17) is 11.6 Å². The van der Waals surface area contributed by atoms with Gasteiger partial charge in [-0.15, -0.1) is 11.6 Å². The van der Waals surface area contributed by atoms with Crippen molar-refractivity contribution >= 4 is 24.2 Å². The molecule has 0 aromatic heterocycles. The molecule has 2 unspecified atom stereocenters. The summed E-state index contributed by atoms with van der Waals surface area (Å²) in [5, 5.41) is 0.648. The van der Waals surface area contributed by atoms with Crippen LogP contribution in [0.3, 0.4) is 0 Å². The van der Waals surface area contributed by atoms with E-state index in [9.17, 15) is 0 Å². The van der Waals surface area contributed by atoms with Crippen LogP contribution in [0, 0.1) is 0 Å². The van der Waals surface area contributed by atoms with Crippen molar-refractivity contribution in [2.45, 2.75) is 24.0 Å².